The molecule has 0 saturated carbocycles. The van der Waals surface area contributed by atoms with Crippen molar-refractivity contribution in [2.24, 2.45) is 0 Å². The van der Waals surface area contributed by atoms with Crippen LogP contribution < -0.4 is 10.1 Å². The Morgan fingerprint density at radius 3 is 2.73 bits per heavy atom. The van der Waals surface area contributed by atoms with E-state index in [0.717, 1.165) is 23.2 Å². The van der Waals surface area contributed by atoms with E-state index in [0.29, 0.717) is 36.1 Å². The van der Waals surface area contributed by atoms with Crippen molar-refractivity contribution in [1.29, 1.82) is 0 Å². The van der Waals surface area contributed by atoms with Crippen LogP contribution in [0.1, 0.15) is 40.7 Å². The van der Waals surface area contributed by atoms with E-state index >= 15 is 0 Å². The maximum Gasteiger partial charge on any atom is 0.253 e. The molecule has 1 atom stereocenters. The number of nitrogens with zero attached hydrogens (tertiary/aromatic N) is 3. The van der Waals surface area contributed by atoms with Crippen molar-refractivity contribution in [2.45, 2.75) is 39.3 Å². The van der Waals surface area contributed by atoms with Gasteiger partial charge < -0.3 is 19.3 Å². The fraction of sp³-hybridized carbons (Fsp3) is 0.364. The van der Waals surface area contributed by atoms with Gasteiger partial charge in [0.2, 0.25) is 5.88 Å². The van der Waals surface area contributed by atoms with Crippen molar-refractivity contribution in [2.75, 3.05) is 13.2 Å². The second-order valence-electron chi connectivity index (χ2n) is 7.75. The van der Waals surface area contributed by atoms with Gasteiger partial charge >= 0.3 is 0 Å². The minimum atomic E-state index is -0.334. The van der Waals surface area contributed by atoms with E-state index in [1.807, 2.05) is 32.9 Å². The molecule has 1 fully saturated rings. The van der Waals surface area contributed by atoms with Crippen LogP contribution in [-0.4, -0.2) is 39.8 Å². The number of rotatable bonds is 6. The quantitative estimate of drug-likeness (QED) is 0.668. The molecule has 0 spiro atoms. The van der Waals surface area contributed by atoms with Crippen molar-refractivity contribution >= 4 is 5.91 Å². The molecule has 8 heteroatoms. The molecule has 1 saturated heterocycles. The second-order valence-corrected chi connectivity index (χ2v) is 7.75. The molecule has 4 heterocycles. The zero-order chi connectivity index (χ0) is 21.1. The topological polar surface area (TPSA) is 99.4 Å². The van der Waals surface area contributed by atoms with Crippen molar-refractivity contribution in [3.8, 4) is 17.1 Å². The zero-order valence-corrected chi connectivity index (χ0v) is 17.3. The van der Waals surface area contributed by atoms with Gasteiger partial charge in [-0.3, -0.25) is 9.78 Å². The van der Waals surface area contributed by atoms with Crippen LogP contribution in [0.4, 0.5) is 0 Å². The molecule has 3 aromatic rings. The molecule has 0 aromatic carbocycles. The lowest BCUT2D eigenvalue weighted by molar-refractivity contribution is 0.0889. The molecule has 1 N–H and O–H groups in total. The summed E-state index contributed by atoms with van der Waals surface area (Å²) >= 11 is 0. The minimum Gasteiger partial charge on any atom is -0.473 e. The summed E-state index contributed by atoms with van der Waals surface area (Å²) in [4.78, 5) is 21.0. The number of carbonyl (C=O) groups excluding carboxylic acids is 1. The third-order valence-corrected chi connectivity index (χ3v) is 5.17. The lowest BCUT2D eigenvalue weighted by atomic mass is 10.0. The first-order chi connectivity index (χ1) is 14.4. The molecular formula is C22H24N4O4. The Labute approximate surface area is 174 Å². The molecule has 1 aliphatic heterocycles. The van der Waals surface area contributed by atoms with Crippen LogP contribution in [0, 0.1) is 13.8 Å². The van der Waals surface area contributed by atoms with Gasteiger partial charge in [0.05, 0.1) is 23.3 Å². The van der Waals surface area contributed by atoms with Crippen LogP contribution in [0.2, 0.25) is 0 Å². The average molecular weight is 408 g/mol. The summed E-state index contributed by atoms with van der Waals surface area (Å²) in [5, 5.41) is 7.15. The molecule has 8 nitrogen and oxygen atoms in total. The summed E-state index contributed by atoms with van der Waals surface area (Å²) in [5.41, 5.74) is 3.46. The molecule has 0 aliphatic carbocycles. The predicted molar refractivity (Wildman–Crippen MR) is 109 cm³/mol. The Hall–Kier alpha value is -3.26. The molecule has 1 amide bonds. The van der Waals surface area contributed by atoms with Gasteiger partial charge in [-0.05, 0) is 45.4 Å². The number of pyridine rings is 2. The largest absolute Gasteiger partial charge is 0.473 e. The number of aromatic nitrogens is 3. The maximum absolute atomic E-state index is 12.5. The fourth-order valence-corrected chi connectivity index (χ4v) is 3.25. The molecule has 4 rings (SSSR count). The lowest BCUT2D eigenvalue weighted by Crippen LogP contribution is -2.46. The first kappa shape index (κ1) is 20.0. The highest BCUT2D eigenvalue weighted by atomic mass is 16.5. The van der Waals surface area contributed by atoms with Crippen LogP contribution >= 0.6 is 0 Å². The molecule has 3 aromatic heterocycles. The van der Waals surface area contributed by atoms with Crippen LogP contribution in [-0.2, 0) is 11.3 Å². The fourth-order valence-electron chi connectivity index (χ4n) is 3.25. The monoisotopic (exact) mass is 408 g/mol. The minimum absolute atomic E-state index is 0.175. The lowest BCUT2D eigenvalue weighted by Gasteiger charge is -2.23. The summed E-state index contributed by atoms with van der Waals surface area (Å²) in [6.07, 6.45) is 4.07. The first-order valence-electron chi connectivity index (χ1n) is 9.81. The Balaban J connectivity index is 1.42. The van der Waals surface area contributed by atoms with E-state index in [1.54, 1.807) is 18.3 Å². The molecule has 0 bridgehead atoms. The first-order valence-corrected chi connectivity index (χ1v) is 9.81. The molecule has 1 aliphatic rings. The van der Waals surface area contributed by atoms with E-state index in [9.17, 15) is 4.79 Å². The third kappa shape index (κ3) is 4.33. The summed E-state index contributed by atoms with van der Waals surface area (Å²) in [7, 11) is 0. The molecule has 0 unspecified atom stereocenters. The smallest absolute Gasteiger partial charge is 0.253 e. The number of carbonyl (C=O) groups is 1. The van der Waals surface area contributed by atoms with Gasteiger partial charge in [-0.1, -0.05) is 5.16 Å². The maximum atomic E-state index is 12.5. The van der Waals surface area contributed by atoms with Gasteiger partial charge in [0.25, 0.3) is 5.91 Å². The Morgan fingerprint density at radius 2 is 2.07 bits per heavy atom. The Morgan fingerprint density at radius 1 is 1.20 bits per heavy atom. The molecule has 156 valence electrons. The van der Waals surface area contributed by atoms with Gasteiger partial charge in [0.1, 0.15) is 18.1 Å². The summed E-state index contributed by atoms with van der Waals surface area (Å²) in [5.74, 6) is 0.912. The molecular weight excluding hydrogens is 384 g/mol. The van der Waals surface area contributed by atoms with Crippen molar-refractivity contribution in [3.63, 3.8) is 0 Å². The number of hydrogen-bond acceptors (Lipinski definition) is 7. The highest BCUT2D eigenvalue weighted by molar-refractivity contribution is 5.94. The standard InChI is InChI=1S/C22H24N4O4/c1-14-4-5-16(10-23-14)20-18(15(2)30-26-20)12-29-19-7-6-17(11-24-19)21(27)25-22(3)8-9-28-13-22/h4-7,10-11H,8-9,12-13H2,1-3H3,(H,25,27)/t22-/m1/s1. The van der Waals surface area contributed by atoms with E-state index in [2.05, 4.69) is 20.4 Å². The zero-order valence-electron chi connectivity index (χ0n) is 17.3. The number of nitrogens with one attached hydrogen (secondary N) is 1. The van der Waals surface area contributed by atoms with E-state index < -0.39 is 0 Å². The van der Waals surface area contributed by atoms with Gasteiger partial charge in [-0.15, -0.1) is 0 Å². The molecule has 0 radical (unpaired) electrons. The van der Waals surface area contributed by atoms with E-state index in [4.69, 9.17) is 14.0 Å². The number of aryl methyl sites for hydroxylation is 2. The molecule has 30 heavy (non-hydrogen) atoms. The number of amides is 1. The average Bonchev–Trinajstić information content (AvgIpc) is 3.33. The van der Waals surface area contributed by atoms with E-state index in [1.165, 1.54) is 6.20 Å². The van der Waals surface area contributed by atoms with Gasteiger partial charge in [0.15, 0.2) is 0 Å². The SMILES string of the molecule is Cc1ccc(-c2noc(C)c2COc2ccc(C(=O)N[C@]3(C)CCOC3)cn2)cn1. The van der Waals surface area contributed by atoms with Crippen LogP contribution in [0.5, 0.6) is 5.88 Å². The van der Waals surface area contributed by atoms with Gasteiger partial charge in [-0.2, -0.15) is 0 Å². The van der Waals surface area contributed by atoms with Crippen molar-refractivity contribution < 1.29 is 18.8 Å². The summed E-state index contributed by atoms with van der Waals surface area (Å²) in [6, 6.07) is 7.25. The predicted octanol–water partition coefficient (Wildman–Crippen LogP) is 3.24. The van der Waals surface area contributed by atoms with Crippen LogP contribution in [0.15, 0.2) is 41.2 Å². The normalized spacial score (nSPS) is 18.4. The van der Waals surface area contributed by atoms with Crippen LogP contribution in [0.25, 0.3) is 11.3 Å². The summed E-state index contributed by atoms with van der Waals surface area (Å²) in [6.45, 7) is 7.16. The highest BCUT2D eigenvalue weighted by Gasteiger charge is 2.31. The van der Waals surface area contributed by atoms with Crippen molar-refractivity contribution in [1.82, 2.24) is 20.4 Å². The Bertz CT molecular complexity index is 1020. The van der Waals surface area contributed by atoms with Crippen molar-refractivity contribution in [3.05, 3.63) is 59.2 Å². The van der Waals surface area contributed by atoms with Gasteiger partial charge in [0, 0.05) is 36.3 Å². The number of ether oxygens (including phenoxy) is 2. The Kier molecular flexibility index (Phi) is 5.50. The third-order valence-electron chi connectivity index (χ3n) is 5.17. The van der Waals surface area contributed by atoms with E-state index in [-0.39, 0.29) is 18.1 Å². The van der Waals surface area contributed by atoms with Gasteiger partial charge in [-0.25, -0.2) is 4.98 Å². The highest BCUT2D eigenvalue weighted by Crippen LogP contribution is 2.26. The van der Waals surface area contributed by atoms with Crippen LogP contribution in [0.3, 0.4) is 0 Å². The second kappa shape index (κ2) is 8.23. The summed E-state index contributed by atoms with van der Waals surface area (Å²) < 4.78 is 16.5. The number of hydrogen-bond donors (Lipinski definition) is 1.